The first-order chi connectivity index (χ1) is 31.7. The third kappa shape index (κ3) is 11.1. The highest BCUT2D eigenvalue weighted by molar-refractivity contribution is 6.99. The topological polar surface area (TPSA) is 75.6 Å². The molecule has 65 heavy (non-hydrogen) atoms. The Labute approximate surface area is 385 Å². The SMILES string of the molecule is CC(C)(C)[Si](OCc1cccc(C2(O)O[C@H](COCc3ccccc3)[C@@H](OCc3ccccc3)[C@H](OCc3ccccc3)[C@H]2OCc2ccccc2)c1)(c1ccccc1)c1ccccc1. The van der Waals surface area contributed by atoms with Crippen LogP contribution in [0.2, 0.25) is 5.04 Å². The number of benzene rings is 7. The summed E-state index contributed by atoms with van der Waals surface area (Å²) in [6.45, 7) is 8.31. The molecule has 1 unspecified atom stereocenters. The number of rotatable bonds is 19. The molecule has 0 aliphatic carbocycles. The Bertz CT molecular complexity index is 2430. The van der Waals surface area contributed by atoms with Crippen LogP contribution in [0.4, 0.5) is 0 Å². The molecule has 7 nitrogen and oxygen atoms in total. The van der Waals surface area contributed by atoms with E-state index in [1.165, 1.54) is 10.4 Å². The number of aliphatic hydroxyl groups is 1. The van der Waals surface area contributed by atoms with Gasteiger partial charge in [0.2, 0.25) is 5.79 Å². The van der Waals surface area contributed by atoms with Gasteiger partial charge in [-0.15, -0.1) is 0 Å². The molecule has 5 atom stereocenters. The normalized spacial score (nSPS) is 20.1. The van der Waals surface area contributed by atoms with Crippen molar-refractivity contribution in [1.82, 2.24) is 0 Å². The average molecular weight is 885 g/mol. The fraction of sp³-hybridized carbons (Fsp3) is 0.263. The van der Waals surface area contributed by atoms with Gasteiger partial charge >= 0.3 is 0 Å². The smallest absolute Gasteiger partial charge is 0.261 e. The van der Waals surface area contributed by atoms with Crippen LogP contribution in [-0.4, -0.2) is 44.4 Å². The Hall–Kier alpha value is -5.52. The third-order valence-electron chi connectivity index (χ3n) is 12.2. The zero-order valence-electron chi connectivity index (χ0n) is 37.6. The summed E-state index contributed by atoms with van der Waals surface area (Å²) < 4.78 is 41.6. The van der Waals surface area contributed by atoms with Gasteiger partial charge in [0.1, 0.15) is 24.4 Å². The maximum absolute atomic E-state index is 13.5. The minimum atomic E-state index is -2.90. The molecule has 1 aliphatic rings. The zero-order valence-corrected chi connectivity index (χ0v) is 38.6. The molecule has 0 bridgehead atoms. The highest BCUT2D eigenvalue weighted by Crippen LogP contribution is 2.43. The van der Waals surface area contributed by atoms with Gasteiger partial charge in [-0.25, -0.2) is 0 Å². The summed E-state index contributed by atoms with van der Waals surface area (Å²) in [5, 5.41) is 15.7. The second-order valence-corrected chi connectivity index (χ2v) is 22.1. The van der Waals surface area contributed by atoms with Crippen molar-refractivity contribution in [3.05, 3.63) is 240 Å². The summed E-state index contributed by atoms with van der Waals surface area (Å²) in [4.78, 5) is 0. The van der Waals surface area contributed by atoms with E-state index in [1.807, 2.05) is 146 Å². The molecule has 7 aromatic rings. The van der Waals surface area contributed by atoms with Gasteiger partial charge in [0.25, 0.3) is 8.32 Å². The van der Waals surface area contributed by atoms with Crippen LogP contribution >= 0.6 is 0 Å². The maximum atomic E-state index is 13.5. The van der Waals surface area contributed by atoms with Crippen molar-refractivity contribution in [3.63, 3.8) is 0 Å². The lowest BCUT2D eigenvalue weighted by molar-refractivity contribution is -0.378. The van der Waals surface area contributed by atoms with Crippen molar-refractivity contribution < 1.29 is 33.2 Å². The molecule has 1 aliphatic heterocycles. The molecule has 0 spiro atoms. The molecule has 0 radical (unpaired) electrons. The monoisotopic (exact) mass is 884 g/mol. The van der Waals surface area contributed by atoms with Gasteiger partial charge in [-0.1, -0.05) is 221 Å². The summed E-state index contributed by atoms with van der Waals surface area (Å²) in [6, 6.07) is 69.2. The van der Waals surface area contributed by atoms with Crippen molar-refractivity contribution in [2.24, 2.45) is 0 Å². The minimum Gasteiger partial charge on any atom is -0.403 e. The predicted molar refractivity (Wildman–Crippen MR) is 259 cm³/mol. The second kappa shape index (κ2) is 21.6. The molecule has 1 fully saturated rings. The summed E-state index contributed by atoms with van der Waals surface area (Å²) in [7, 11) is -2.90. The summed E-state index contributed by atoms with van der Waals surface area (Å²) in [5.41, 5.74) is 5.34. The van der Waals surface area contributed by atoms with E-state index in [-0.39, 0.29) is 31.5 Å². The number of ether oxygens (including phenoxy) is 5. The van der Waals surface area contributed by atoms with Crippen LogP contribution in [0.15, 0.2) is 206 Å². The number of hydrogen-bond donors (Lipinski definition) is 1. The van der Waals surface area contributed by atoms with Crippen molar-refractivity contribution in [1.29, 1.82) is 0 Å². The first kappa shape index (κ1) is 46.0. The van der Waals surface area contributed by atoms with Crippen molar-refractivity contribution in [2.75, 3.05) is 6.61 Å². The van der Waals surface area contributed by atoms with E-state index < -0.39 is 38.5 Å². The Morgan fingerprint density at radius 3 is 1.37 bits per heavy atom. The lowest BCUT2D eigenvalue weighted by Gasteiger charge is -2.50. The minimum absolute atomic E-state index is 0.115. The lowest BCUT2D eigenvalue weighted by atomic mass is 9.87. The molecule has 1 N–H and O–H groups in total. The quantitative estimate of drug-likeness (QED) is 0.0811. The van der Waals surface area contributed by atoms with Crippen LogP contribution in [0.5, 0.6) is 0 Å². The van der Waals surface area contributed by atoms with Crippen LogP contribution in [0.1, 0.15) is 54.2 Å². The summed E-state index contributed by atoms with van der Waals surface area (Å²) in [6.07, 6.45) is -3.35. The molecular formula is C57H60O7Si. The molecule has 8 rings (SSSR count). The molecule has 0 amide bonds. The van der Waals surface area contributed by atoms with E-state index in [0.717, 1.165) is 27.8 Å². The fourth-order valence-electron chi connectivity index (χ4n) is 8.92. The standard InChI is InChI=1S/C57H60O7Si/c1-56(2,3)65(50-33-18-8-19-34-50,51-35-20-9-21-36-51)63-42-48-31-22-32-49(37-48)57(58)55(62-41-47-29-16-7-17-30-47)54(61-40-46-27-14-6-15-28-46)53(60-39-45-25-12-5-13-26-45)52(64-57)43-59-38-44-23-10-4-11-24-44/h4-37,52-55,58H,38-43H2,1-3H3/t52-,53-,54+,55-,57?/m1/s1. The number of hydrogen-bond acceptors (Lipinski definition) is 7. The van der Waals surface area contributed by atoms with Crippen molar-refractivity contribution >= 4 is 18.7 Å². The summed E-state index contributed by atoms with van der Waals surface area (Å²) >= 11 is 0. The highest BCUT2D eigenvalue weighted by atomic mass is 28.4. The van der Waals surface area contributed by atoms with E-state index in [2.05, 4.69) is 81.4 Å². The Balaban J connectivity index is 1.19. The Morgan fingerprint density at radius 2 is 0.892 bits per heavy atom. The predicted octanol–water partition coefficient (Wildman–Crippen LogP) is 10.3. The van der Waals surface area contributed by atoms with Gasteiger partial charge in [0.05, 0.1) is 39.6 Å². The van der Waals surface area contributed by atoms with Crippen molar-refractivity contribution in [2.45, 2.75) is 89.0 Å². The molecule has 0 aromatic heterocycles. The van der Waals surface area contributed by atoms with E-state index >= 15 is 0 Å². The third-order valence-corrected chi connectivity index (χ3v) is 17.1. The zero-order chi connectivity index (χ0) is 45.0. The van der Waals surface area contributed by atoms with Crippen LogP contribution in [0, 0.1) is 0 Å². The molecule has 1 saturated heterocycles. The van der Waals surface area contributed by atoms with E-state index in [1.54, 1.807) is 0 Å². The summed E-state index contributed by atoms with van der Waals surface area (Å²) in [5.74, 6) is -2.02. The van der Waals surface area contributed by atoms with Gasteiger partial charge < -0.3 is 33.2 Å². The van der Waals surface area contributed by atoms with Gasteiger partial charge in [0, 0.05) is 5.56 Å². The first-order valence-corrected chi connectivity index (χ1v) is 24.5. The second-order valence-electron chi connectivity index (χ2n) is 17.7. The molecule has 334 valence electrons. The van der Waals surface area contributed by atoms with Crippen LogP contribution in [0.3, 0.4) is 0 Å². The van der Waals surface area contributed by atoms with Crippen molar-refractivity contribution in [3.8, 4) is 0 Å². The van der Waals surface area contributed by atoms with Crippen LogP contribution < -0.4 is 10.4 Å². The van der Waals surface area contributed by atoms with Gasteiger partial charge in [0.15, 0.2) is 0 Å². The average Bonchev–Trinajstić information content (AvgIpc) is 3.34. The Morgan fingerprint density at radius 1 is 0.477 bits per heavy atom. The molecule has 0 saturated carbocycles. The molecule has 7 aromatic carbocycles. The van der Waals surface area contributed by atoms with E-state index in [9.17, 15) is 5.11 Å². The molecule has 1 heterocycles. The van der Waals surface area contributed by atoms with Gasteiger partial charge in [-0.2, -0.15) is 0 Å². The first-order valence-electron chi connectivity index (χ1n) is 22.6. The Kier molecular flexibility index (Phi) is 15.3. The lowest BCUT2D eigenvalue weighted by Crippen LogP contribution is -2.66. The highest BCUT2D eigenvalue weighted by Gasteiger charge is 2.57. The molecular weight excluding hydrogens is 825 g/mol. The van der Waals surface area contributed by atoms with Crippen LogP contribution in [0.25, 0.3) is 0 Å². The van der Waals surface area contributed by atoms with E-state index in [0.29, 0.717) is 18.8 Å². The van der Waals surface area contributed by atoms with Gasteiger partial charge in [-0.05, 0) is 49.3 Å². The fourth-order valence-corrected chi connectivity index (χ4v) is 13.5. The van der Waals surface area contributed by atoms with E-state index in [4.69, 9.17) is 28.1 Å². The largest absolute Gasteiger partial charge is 0.403 e. The molecule has 8 heteroatoms. The maximum Gasteiger partial charge on any atom is 0.261 e. The van der Waals surface area contributed by atoms with Crippen LogP contribution in [-0.2, 0) is 66.9 Å². The van der Waals surface area contributed by atoms with Gasteiger partial charge in [-0.3, -0.25) is 0 Å².